The van der Waals surface area contributed by atoms with Crippen LogP contribution in [0.15, 0.2) is 53.0 Å². The molecule has 0 unspecified atom stereocenters. The SMILES string of the molecule is CC(C)c1ccccc1N(CC(=O)N(Cc1ccc(Br)cc1)[C@@H](C)C(=O)NC1CCCC1)S(C)(=O)=O. The first-order valence-corrected chi connectivity index (χ1v) is 15.0. The predicted molar refractivity (Wildman–Crippen MR) is 147 cm³/mol. The highest BCUT2D eigenvalue weighted by Gasteiger charge is 2.32. The molecule has 1 N–H and O–H groups in total. The van der Waals surface area contributed by atoms with Crippen LogP contribution >= 0.6 is 15.9 Å². The summed E-state index contributed by atoms with van der Waals surface area (Å²) in [5, 5.41) is 3.08. The molecule has 9 heteroatoms. The zero-order chi connectivity index (χ0) is 26.5. The molecule has 196 valence electrons. The summed E-state index contributed by atoms with van der Waals surface area (Å²) in [7, 11) is -3.77. The van der Waals surface area contributed by atoms with Crippen molar-refractivity contribution in [2.24, 2.45) is 0 Å². The smallest absolute Gasteiger partial charge is 0.244 e. The van der Waals surface area contributed by atoms with Crippen molar-refractivity contribution in [1.29, 1.82) is 0 Å². The van der Waals surface area contributed by atoms with Gasteiger partial charge in [-0.1, -0.05) is 73.0 Å². The number of hydrogen-bond donors (Lipinski definition) is 1. The maximum Gasteiger partial charge on any atom is 0.244 e. The van der Waals surface area contributed by atoms with Crippen LogP contribution < -0.4 is 9.62 Å². The Morgan fingerprint density at radius 2 is 1.64 bits per heavy atom. The molecule has 1 atom stereocenters. The summed E-state index contributed by atoms with van der Waals surface area (Å²) in [6.45, 7) is 5.47. The molecule has 7 nitrogen and oxygen atoms in total. The summed E-state index contributed by atoms with van der Waals surface area (Å²) in [6.07, 6.45) is 5.14. The van der Waals surface area contributed by atoms with Gasteiger partial charge in [0.05, 0.1) is 11.9 Å². The molecule has 1 aliphatic rings. The highest BCUT2D eigenvalue weighted by atomic mass is 79.9. The number of rotatable bonds is 10. The number of halogens is 1. The van der Waals surface area contributed by atoms with Crippen LogP contribution in [-0.2, 0) is 26.2 Å². The van der Waals surface area contributed by atoms with Crippen molar-refractivity contribution in [3.05, 3.63) is 64.1 Å². The van der Waals surface area contributed by atoms with E-state index in [1.807, 2.05) is 50.2 Å². The third-order valence-electron chi connectivity index (χ3n) is 6.64. The van der Waals surface area contributed by atoms with E-state index in [4.69, 9.17) is 0 Å². The molecule has 0 bridgehead atoms. The van der Waals surface area contributed by atoms with Crippen molar-refractivity contribution in [2.75, 3.05) is 17.1 Å². The molecule has 0 heterocycles. The van der Waals surface area contributed by atoms with Gasteiger partial charge in [0.25, 0.3) is 0 Å². The van der Waals surface area contributed by atoms with Gasteiger partial charge in [-0.05, 0) is 55.0 Å². The number of nitrogens with one attached hydrogen (secondary N) is 1. The van der Waals surface area contributed by atoms with Gasteiger partial charge in [0.1, 0.15) is 12.6 Å². The molecular weight excluding hydrogens is 542 g/mol. The zero-order valence-electron chi connectivity index (χ0n) is 21.4. The quantitative estimate of drug-likeness (QED) is 0.438. The summed E-state index contributed by atoms with van der Waals surface area (Å²) in [5.74, 6) is -0.590. The Balaban J connectivity index is 1.92. The second-order valence-corrected chi connectivity index (χ2v) is 12.6. The Kier molecular flexibility index (Phi) is 9.58. The second kappa shape index (κ2) is 12.2. The van der Waals surface area contributed by atoms with Crippen LogP contribution in [0.4, 0.5) is 5.69 Å². The van der Waals surface area contributed by atoms with Crippen molar-refractivity contribution in [2.45, 2.75) is 71.0 Å². The lowest BCUT2D eigenvalue weighted by atomic mass is 10.0. The fourth-order valence-electron chi connectivity index (χ4n) is 4.56. The van der Waals surface area contributed by atoms with Crippen LogP contribution in [0.25, 0.3) is 0 Å². The number of amides is 2. The van der Waals surface area contributed by atoms with Gasteiger partial charge in [-0.3, -0.25) is 13.9 Å². The lowest BCUT2D eigenvalue weighted by Gasteiger charge is -2.32. The van der Waals surface area contributed by atoms with Crippen molar-refractivity contribution >= 4 is 43.5 Å². The monoisotopic (exact) mass is 577 g/mol. The van der Waals surface area contributed by atoms with E-state index in [-0.39, 0.29) is 31.0 Å². The predicted octanol–water partition coefficient (Wildman–Crippen LogP) is 4.81. The minimum Gasteiger partial charge on any atom is -0.352 e. The molecule has 2 aromatic carbocycles. The second-order valence-electron chi connectivity index (χ2n) is 9.80. The van der Waals surface area contributed by atoms with Crippen LogP contribution in [0.5, 0.6) is 0 Å². The fraction of sp³-hybridized carbons (Fsp3) is 0.481. The maximum absolute atomic E-state index is 13.7. The summed E-state index contributed by atoms with van der Waals surface area (Å²) >= 11 is 3.42. The van der Waals surface area contributed by atoms with E-state index in [0.29, 0.717) is 5.69 Å². The zero-order valence-corrected chi connectivity index (χ0v) is 23.8. The Hall–Kier alpha value is -2.39. The van der Waals surface area contributed by atoms with Gasteiger partial charge in [-0.25, -0.2) is 8.42 Å². The number of carbonyl (C=O) groups excluding carboxylic acids is 2. The molecule has 36 heavy (non-hydrogen) atoms. The number of nitrogens with zero attached hydrogens (tertiary/aromatic N) is 2. The Bertz CT molecular complexity index is 1160. The number of anilines is 1. The van der Waals surface area contributed by atoms with Crippen molar-refractivity contribution in [3.63, 3.8) is 0 Å². The van der Waals surface area contributed by atoms with E-state index in [9.17, 15) is 18.0 Å². The summed E-state index contributed by atoms with van der Waals surface area (Å²) < 4.78 is 27.8. The fourth-order valence-corrected chi connectivity index (χ4v) is 5.69. The van der Waals surface area contributed by atoms with E-state index in [2.05, 4.69) is 21.2 Å². The Morgan fingerprint density at radius 3 is 2.22 bits per heavy atom. The van der Waals surface area contributed by atoms with E-state index in [1.165, 1.54) is 4.90 Å². The molecule has 1 saturated carbocycles. The van der Waals surface area contributed by atoms with E-state index < -0.39 is 22.0 Å². The van der Waals surface area contributed by atoms with Gasteiger partial charge in [-0.15, -0.1) is 0 Å². The molecule has 1 fully saturated rings. The molecule has 2 amide bonds. The first-order valence-electron chi connectivity index (χ1n) is 12.4. The average molecular weight is 579 g/mol. The molecule has 0 aliphatic heterocycles. The number of para-hydroxylation sites is 1. The normalized spacial score (nSPS) is 15.1. The van der Waals surface area contributed by atoms with Gasteiger partial charge in [0, 0.05) is 17.1 Å². The standard InChI is InChI=1S/C27H36BrN3O4S/c1-19(2)24-11-7-8-12-25(24)31(36(4,34)35)18-26(32)30(17-21-13-15-22(28)16-14-21)20(3)27(33)29-23-9-5-6-10-23/h7-8,11-16,19-20,23H,5-6,9-10,17-18H2,1-4H3,(H,29,33)/t20-/m0/s1. The molecule has 2 aromatic rings. The van der Waals surface area contributed by atoms with Crippen LogP contribution in [0.3, 0.4) is 0 Å². The lowest BCUT2D eigenvalue weighted by molar-refractivity contribution is -0.139. The highest BCUT2D eigenvalue weighted by molar-refractivity contribution is 9.10. The van der Waals surface area contributed by atoms with Gasteiger partial charge >= 0.3 is 0 Å². The van der Waals surface area contributed by atoms with Gasteiger partial charge in [0.2, 0.25) is 21.8 Å². The molecule has 0 radical (unpaired) electrons. The molecule has 0 saturated heterocycles. The van der Waals surface area contributed by atoms with Crippen molar-refractivity contribution < 1.29 is 18.0 Å². The first-order chi connectivity index (χ1) is 17.0. The number of hydrogen-bond acceptors (Lipinski definition) is 4. The van der Waals surface area contributed by atoms with E-state index >= 15 is 0 Å². The average Bonchev–Trinajstić information content (AvgIpc) is 3.33. The number of carbonyl (C=O) groups is 2. The highest BCUT2D eigenvalue weighted by Crippen LogP contribution is 2.29. The number of sulfonamides is 1. The molecule has 1 aliphatic carbocycles. The third-order valence-corrected chi connectivity index (χ3v) is 8.30. The Labute approximate surface area is 223 Å². The molecule has 0 aromatic heterocycles. The van der Waals surface area contributed by atoms with Gasteiger partial charge in [-0.2, -0.15) is 0 Å². The van der Waals surface area contributed by atoms with Crippen LogP contribution in [0.2, 0.25) is 0 Å². The van der Waals surface area contributed by atoms with Gasteiger partial charge < -0.3 is 10.2 Å². The van der Waals surface area contributed by atoms with Crippen LogP contribution in [0, 0.1) is 0 Å². The molecule has 3 rings (SSSR count). The van der Waals surface area contributed by atoms with Gasteiger partial charge in [0.15, 0.2) is 0 Å². The molecular formula is C27H36BrN3O4S. The number of benzene rings is 2. The molecule has 0 spiro atoms. The summed E-state index contributed by atoms with van der Waals surface area (Å²) in [5.41, 5.74) is 2.16. The summed E-state index contributed by atoms with van der Waals surface area (Å²) in [6, 6.07) is 14.1. The first kappa shape index (κ1) is 28.2. The minimum absolute atomic E-state index is 0.0653. The van der Waals surface area contributed by atoms with Crippen LogP contribution in [-0.4, -0.2) is 50.0 Å². The maximum atomic E-state index is 13.7. The third kappa shape index (κ3) is 7.32. The van der Waals surface area contributed by atoms with E-state index in [1.54, 1.807) is 19.1 Å². The Morgan fingerprint density at radius 1 is 1.03 bits per heavy atom. The summed E-state index contributed by atoms with van der Waals surface area (Å²) in [4.78, 5) is 28.4. The topological polar surface area (TPSA) is 86.8 Å². The largest absolute Gasteiger partial charge is 0.352 e. The minimum atomic E-state index is -3.77. The van der Waals surface area contributed by atoms with Crippen LogP contribution in [0.1, 0.15) is 63.5 Å². The lowest BCUT2D eigenvalue weighted by Crippen LogP contribution is -2.52. The van der Waals surface area contributed by atoms with E-state index in [0.717, 1.165) is 51.8 Å². The van der Waals surface area contributed by atoms with Crippen molar-refractivity contribution in [1.82, 2.24) is 10.2 Å². The van der Waals surface area contributed by atoms with Crippen molar-refractivity contribution in [3.8, 4) is 0 Å².